The summed E-state index contributed by atoms with van der Waals surface area (Å²) in [6.45, 7) is 0. The smallest absolute Gasteiger partial charge is 0.254 e. The molecule has 7 nitrogen and oxygen atoms in total. The van der Waals surface area contributed by atoms with Crippen molar-refractivity contribution in [1.29, 1.82) is 0 Å². The van der Waals surface area contributed by atoms with Crippen molar-refractivity contribution < 1.29 is 9.53 Å². The number of ether oxygens (including phenoxy) is 1. The Balaban J connectivity index is 1.52. The Hall–Kier alpha value is -4.00. The third kappa shape index (κ3) is 3.23. The number of hydrogen-bond donors (Lipinski definition) is 1. The van der Waals surface area contributed by atoms with Crippen molar-refractivity contribution in [2.24, 2.45) is 4.99 Å². The Morgan fingerprint density at radius 1 is 0.897 bits per heavy atom. The molecule has 1 aromatic heterocycles. The second-order valence-electron chi connectivity index (χ2n) is 6.61. The number of hydrogen-bond acceptors (Lipinski definition) is 5. The van der Waals surface area contributed by atoms with E-state index in [4.69, 9.17) is 9.73 Å². The molecule has 0 saturated carbocycles. The van der Waals surface area contributed by atoms with E-state index in [0.717, 1.165) is 16.6 Å². The lowest BCUT2D eigenvalue weighted by Gasteiger charge is -2.19. The van der Waals surface area contributed by atoms with Crippen molar-refractivity contribution in [2.45, 2.75) is 12.4 Å². The maximum atomic E-state index is 12.7. The predicted octanol–water partition coefficient (Wildman–Crippen LogP) is 3.16. The van der Waals surface area contributed by atoms with Gasteiger partial charge in [0.25, 0.3) is 5.91 Å². The number of aliphatic imine (C=N–C) groups is 1. The topological polar surface area (TPSA) is 81.4 Å². The van der Waals surface area contributed by atoms with Crippen LogP contribution in [0.15, 0.2) is 89.9 Å². The van der Waals surface area contributed by atoms with Gasteiger partial charge in [0.05, 0.1) is 5.52 Å². The molecular formula is C22H17N5O2. The molecule has 4 aromatic rings. The first-order chi connectivity index (χ1) is 14.3. The number of rotatable bonds is 4. The third-order valence-electron chi connectivity index (χ3n) is 4.72. The molecule has 2 heterocycles. The zero-order valence-corrected chi connectivity index (χ0v) is 15.3. The van der Waals surface area contributed by atoms with Gasteiger partial charge in [-0.3, -0.25) is 4.79 Å². The molecule has 0 aliphatic carbocycles. The standard InChI is InChI=1S/C22H17N5O2/c28-20(15-9-3-1-4-10-15)24-22-19(23-21(29-22)16-11-5-2-6-12-16)27-18-14-8-7-13-17(18)25-26-27/h1-14,19,22H,(H,24,28). The average Bonchev–Trinajstić information content (AvgIpc) is 3.39. The van der Waals surface area contributed by atoms with Crippen LogP contribution in [-0.4, -0.2) is 33.0 Å². The van der Waals surface area contributed by atoms with Crippen LogP contribution in [0.5, 0.6) is 0 Å². The summed E-state index contributed by atoms with van der Waals surface area (Å²) in [6.07, 6.45) is -1.30. The molecule has 7 heteroatoms. The lowest BCUT2D eigenvalue weighted by atomic mass is 10.2. The molecule has 1 aliphatic rings. The highest BCUT2D eigenvalue weighted by molar-refractivity contribution is 5.97. The van der Waals surface area contributed by atoms with Gasteiger partial charge in [-0.2, -0.15) is 0 Å². The molecule has 29 heavy (non-hydrogen) atoms. The van der Waals surface area contributed by atoms with Crippen LogP contribution in [0, 0.1) is 0 Å². The Labute approximate surface area is 166 Å². The van der Waals surface area contributed by atoms with E-state index in [2.05, 4.69) is 15.6 Å². The Morgan fingerprint density at radius 3 is 2.38 bits per heavy atom. The van der Waals surface area contributed by atoms with E-state index in [-0.39, 0.29) is 5.91 Å². The van der Waals surface area contributed by atoms with Crippen molar-refractivity contribution in [2.75, 3.05) is 0 Å². The molecule has 1 amide bonds. The normalized spacial score (nSPS) is 18.3. The number of benzene rings is 3. The summed E-state index contributed by atoms with van der Waals surface area (Å²) >= 11 is 0. The van der Waals surface area contributed by atoms with Gasteiger partial charge in [0, 0.05) is 11.1 Å². The molecule has 0 bridgehead atoms. The molecule has 0 radical (unpaired) electrons. The van der Waals surface area contributed by atoms with Gasteiger partial charge in [0.2, 0.25) is 18.3 Å². The third-order valence-corrected chi connectivity index (χ3v) is 4.72. The highest BCUT2D eigenvalue weighted by Gasteiger charge is 2.36. The van der Waals surface area contributed by atoms with E-state index in [1.807, 2.05) is 72.8 Å². The first-order valence-electron chi connectivity index (χ1n) is 9.25. The Kier molecular flexibility index (Phi) is 4.25. The minimum absolute atomic E-state index is 0.241. The van der Waals surface area contributed by atoms with Crippen LogP contribution in [0.3, 0.4) is 0 Å². The van der Waals surface area contributed by atoms with Crippen LogP contribution in [0.2, 0.25) is 0 Å². The first kappa shape index (κ1) is 17.1. The molecule has 2 unspecified atom stereocenters. The fraction of sp³-hybridized carbons (Fsp3) is 0.0909. The second-order valence-corrected chi connectivity index (χ2v) is 6.61. The number of amides is 1. The summed E-state index contributed by atoms with van der Waals surface area (Å²) in [5.41, 5.74) is 2.95. The van der Waals surface area contributed by atoms with Crippen LogP contribution in [0.4, 0.5) is 0 Å². The van der Waals surface area contributed by atoms with E-state index in [9.17, 15) is 4.79 Å². The fourth-order valence-electron chi connectivity index (χ4n) is 3.29. The van der Waals surface area contributed by atoms with Gasteiger partial charge in [-0.05, 0) is 36.4 Å². The van der Waals surface area contributed by atoms with Gasteiger partial charge in [0.1, 0.15) is 5.52 Å². The van der Waals surface area contributed by atoms with E-state index < -0.39 is 12.4 Å². The molecule has 0 saturated heterocycles. The minimum atomic E-state index is -0.719. The summed E-state index contributed by atoms with van der Waals surface area (Å²) in [6, 6.07) is 26.2. The number of nitrogens with one attached hydrogen (secondary N) is 1. The zero-order valence-electron chi connectivity index (χ0n) is 15.3. The number of carbonyl (C=O) groups is 1. The molecular weight excluding hydrogens is 366 g/mol. The molecule has 0 spiro atoms. The second kappa shape index (κ2) is 7.20. The average molecular weight is 383 g/mol. The van der Waals surface area contributed by atoms with Crippen molar-refractivity contribution in [1.82, 2.24) is 20.3 Å². The SMILES string of the molecule is O=C(NC1OC(c2ccccc2)=NC1n1nnc2ccccc21)c1ccccc1. The van der Waals surface area contributed by atoms with Crippen LogP contribution in [0.25, 0.3) is 11.0 Å². The van der Waals surface area contributed by atoms with Gasteiger partial charge in [-0.1, -0.05) is 53.7 Å². The first-order valence-corrected chi connectivity index (χ1v) is 9.25. The minimum Gasteiger partial charge on any atom is -0.449 e. The monoisotopic (exact) mass is 383 g/mol. The van der Waals surface area contributed by atoms with Gasteiger partial charge in [-0.25, -0.2) is 9.67 Å². The van der Waals surface area contributed by atoms with Crippen molar-refractivity contribution in [3.8, 4) is 0 Å². The summed E-state index contributed by atoms with van der Waals surface area (Å²) < 4.78 is 7.74. The van der Waals surface area contributed by atoms with E-state index in [0.29, 0.717) is 11.5 Å². The summed E-state index contributed by atoms with van der Waals surface area (Å²) in [4.78, 5) is 17.5. The van der Waals surface area contributed by atoms with Crippen molar-refractivity contribution in [3.63, 3.8) is 0 Å². The highest BCUT2D eigenvalue weighted by atomic mass is 16.5. The number of fused-ring (bicyclic) bond motifs is 1. The van der Waals surface area contributed by atoms with E-state index >= 15 is 0 Å². The fourth-order valence-corrected chi connectivity index (χ4v) is 3.29. The van der Waals surface area contributed by atoms with Crippen LogP contribution < -0.4 is 5.32 Å². The highest BCUT2D eigenvalue weighted by Crippen LogP contribution is 2.27. The van der Waals surface area contributed by atoms with Gasteiger partial charge < -0.3 is 10.1 Å². The summed E-state index contributed by atoms with van der Waals surface area (Å²) in [5, 5.41) is 11.4. The molecule has 0 fully saturated rings. The van der Waals surface area contributed by atoms with Gasteiger partial charge >= 0.3 is 0 Å². The maximum Gasteiger partial charge on any atom is 0.254 e. The number of nitrogens with zero attached hydrogens (tertiary/aromatic N) is 4. The van der Waals surface area contributed by atoms with Crippen LogP contribution in [-0.2, 0) is 4.74 Å². The quantitative estimate of drug-likeness (QED) is 0.587. The number of carbonyl (C=O) groups excluding carboxylic acids is 1. The summed E-state index contributed by atoms with van der Waals surface area (Å²) in [5.74, 6) is 0.211. The predicted molar refractivity (Wildman–Crippen MR) is 108 cm³/mol. The lowest BCUT2D eigenvalue weighted by Crippen LogP contribution is -2.40. The Bertz CT molecular complexity index is 1190. The molecule has 2 atom stereocenters. The van der Waals surface area contributed by atoms with Crippen LogP contribution in [0.1, 0.15) is 22.1 Å². The molecule has 3 aromatic carbocycles. The number of aromatic nitrogens is 3. The molecule has 142 valence electrons. The largest absolute Gasteiger partial charge is 0.449 e. The van der Waals surface area contributed by atoms with Gasteiger partial charge in [0.15, 0.2) is 0 Å². The van der Waals surface area contributed by atoms with E-state index in [1.165, 1.54) is 0 Å². The van der Waals surface area contributed by atoms with Crippen molar-refractivity contribution >= 4 is 22.8 Å². The Morgan fingerprint density at radius 2 is 1.59 bits per heavy atom. The summed E-state index contributed by atoms with van der Waals surface area (Å²) in [7, 11) is 0. The number of para-hydroxylation sites is 1. The van der Waals surface area contributed by atoms with Crippen molar-refractivity contribution in [3.05, 3.63) is 96.1 Å². The van der Waals surface area contributed by atoms with Crippen LogP contribution >= 0.6 is 0 Å². The molecule has 1 N–H and O–H groups in total. The van der Waals surface area contributed by atoms with Gasteiger partial charge in [-0.15, -0.1) is 5.10 Å². The molecule has 1 aliphatic heterocycles. The molecule has 5 rings (SSSR count). The van der Waals surface area contributed by atoms with E-state index in [1.54, 1.807) is 16.8 Å². The zero-order chi connectivity index (χ0) is 19.6. The maximum absolute atomic E-state index is 12.7. The lowest BCUT2D eigenvalue weighted by molar-refractivity contribution is 0.0756.